The molecule has 0 aromatic heterocycles. The molecule has 0 saturated carbocycles. The van der Waals surface area contributed by atoms with Gasteiger partial charge in [-0.05, 0) is 24.1 Å². The smallest absolute Gasteiger partial charge is 0.255 e. The van der Waals surface area contributed by atoms with Crippen LogP contribution in [0.15, 0.2) is 24.3 Å². The molecule has 1 N–H and O–H groups in total. The molecule has 0 bridgehead atoms. The van der Waals surface area contributed by atoms with Gasteiger partial charge in [-0.3, -0.25) is 4.79 Å². The first-order valence-corrected chi connectivity index (χ1v) is 9.36. The molecule has 126 valence electrons. The molecule has 5 nitrogen and oxygen atoms in total. The SMILES string of the molecule is O=C(Nc1ccc(CCN2CCSCC2)cc1)[C@H]1COCCO1. The van der Waals surface area contributed by atoms with Crippen LogP contribution in [0.5, 0.6) is 0 Å². The lowest BCUT2D eigenvalue weighted by Gasteiger charge is -2.26. The van der Waals surface area contributed by atoms with Crippen molar-refractivity contribution < 1.29 is 14.3 Å². The van der Waals surface area contributed by atoms with Gasteiger partial charge < -0.3 is 19.7 Å². The van der Waals surface area contributed by atoms with E-state index >= 15 is 0 Å². The van der Waals surface area contributed by atoms with E-state index in [-0.39, 0.29) is 5.91 Å². The fourth-order valence-electron chi connectivity index (χ4n) is 2.73. The van der Waals surface area contributed by atoms with E-state index in [1.54, 1.807) is 0 Å². The van der Waals surface area contributed by atoms with E-state index in [4.69, 9.17) is 9.47 Å². The lowest BCUT2D eigenvalue weighted by Crippen LogP contribution is -2.39. The third-order valence-electron chi connectivity index (χ3n) is 4.15. The highest BCUT2D eigenvalue weighted by Gasteiger charge is 2.22. The van der Waals surface area contributed by atoms with Crippen LogP contribution in [-0.2, 0) is 20.7 Å². The lowest BCUT2D eigenvalue weighted by atomic mass is 10.1. The molecule has 1 aromatic carbocycles. The van der Waals surface area contributed by atoms with E-state index < -0.39 is 6.10 Å². The highest BCUT2D eigenvalue weighted by atomic mass is 32.2. The van der Waals surface area contributed by atoms with Gasteiger partial charge in [0.2, 0.25) is 0 Å². The van der Waals surface area contributed by atoms with Crippen LogP contribution < -0.4 is 5.32 Å². The Bertz CT molecular complexity index is 497. The zero-order valence-corrected chi connectivity index (χ0v) is 14.1. The van der Waals surface area contributed by atoms with E-state index in [2.05, 4.69) is 22.3 Å². The summed E-state index contributed by atoms with van der Waals surface area (Å²) in [6.07, 6.45) is 0.554. The van der Waals surface area contributed by atoms with Crippen LogP contribution in [0.25, 0.3) is 0 Å². The summed E-state index contributed by atoms with van der Waals surface area (Å²) in [6, 6.07) is 8.10. The van der Waals surface area contributed by atoms with E-state index in [1.807, 2.05) is 23.9 Å². The molecule has 3 rings (SSSR count). The van der Waals surface area contributed by atoms with E-state index in [0.717, 1.165) is 18.7 Å². The first-order valence-electron chi connectivity index (χ1n) is 8.20. The minimum atomic E-state index is -0.500. The zero-order valence-electron chi connectivity index (χ0n) is 13.3. The van der Waals surface area contributed by atoms with Crippen molar-refractivity contribution in [1.82, 2.24) is 4.90 Å². The van der Waals surface area contributed by atoms with Crippen LogP contribution in [-0.4, -0.2) is 67.9 Å². The molecule has 2 saturated heterocycles. The van der Waals surface area contributed by atoms with Crippen molar-refractivity contribution in [3.63, 3.8) is 0 Å². The molecule has 2 fully saturated rings. The molecule has 2 aliphatic rings. The van der Waals surface area contributed by atoms with E-state index in [9.17, 15) is 4.79 Å². The molecule has 1 aromatic rings. The molecule has 6 heteroatoms. The van der Waals surface area contributed by atoms with Gasteiger partial charge in [0.15, 0.2) is 6.10 Å². The quantitative estimate of drug-likeness (QED) is 0.886. The van der Waals surface area contributed by atoms with Gasteiger partial charge in [-0.2, -0.15) is 11.8 Å². The normalized spacial score (nSPS) is 22.7. The summed E-state index contributed by atoms with van der Waals surface area (Å²) in [5.41, 5.74) is 2.11. The van der Waals surface area contributed by atoms with Gasteiger partial charge in [-0.15, -0.1) is 0 Å². The fraction of sp³-hybridized carbons (Fsp3) is 0.588. The number of nitrogens with zero attached hydrogens (tertiary/aromatic N) is 1. The van der Waals surface area contributed by atoms with Crippen LogP contribution in [0.4, 0.5) is 5.69 Å². The first kappa shape index (κ1) is 16.8. The Balaban J connectivity index is 1.45. The van der Waals surface area contributed by atoms with Gasteiger partial charge in [0.05, 0.1) is 19.8 Å². The minimum absolute atomic E-state index is 0.136. The second kappa shape index (κ2) is 8.68. The fourth-order valence-corrected chi connectivity index (χ4v) is 3.71. The molecule has 0 radical (unpaired) electrons. The molecule has 2 heterocycles. The summed E-state index contributed by atoms with van der Waals surface area (Å²) in [4.78, 5) is 14.6. The number of hydrogen-bond acceptors (Lipinski definition) is 5. The average molecular weight is 336 g/mol. The zero-order chi connectivity index (χ0) is 15.9. The Hall–Kier alpha value is -1.08. The molecule has 1 amide bonds. The van der Waals surface area contributed by atoms with Crippen molar-refractivity contribution in [3.8, 4) is 0 Å². The second-order valence-corrected chi connectivity index (χ2v) is 7.05. The van der Waals surface area contributed by atoms with Crippen LogP contribution in [0.1, 0.15) is 5.56 Å². The summed E-state index contributed by atoms with van der Waals surface area (Å²) in [7, 11) is 0. The van der Waals surface area contributed by atoms with Gasteiger partial charge >= 0.3 is 0 Å². The molecule has 23 heavy (non-hydrogen) atoms. The number of carbonyl (C=O) groups excluding carboxylic acids is 1. The summed E-state index contributed by atoms with van der Waals surface area (Å²) in [5, 5.41) is 2.89. The molecule has 1 atom stereocenters. The number of hydrogen-bond donors (Lipinski definition) is 1. The molecular formula is C17H24N2O3S. The second-order valence-electron chi connectivity index (χ2n) is 5.82. The molecule has 2 aliphatic heterocycles. The highest BCUT2D eigenvalue weighted by Crippen LogP contribution is 2.14. The van der Waals surface area contributed by atoms with Crippen molar-refractivity contribution in [2.45, 2.75) is 12.5 Å². The molecule has 0 aliphatic carbocycles. The Morgan fingerprint density at radius 3 is 2.70 bits per heavy atom. The average Bonchev–Trinajstić information content (AvgIpc) is 2.63. The number of amides is 1. The van der Waals surface area contributed by atoms with Gasteiger partial charge in [0, 0.05) is 36.8 Å². The number of anilines is 1. The van der Waals surface area contributed by atoms with E-state index in [1.165, 1.54) is 30.2 Å². The third kappa shape index (κ3) is 5.21. The Morgan fingerprint density at radius 1 is 1.22 bits per heavy atom. The largest absolute Gasteiger partial charge is 0.376 e. The minimum Gasteiger partial charge on any atom is -0.376 e. The number of ether oxygens (including phenoxy) is 2. The van der Waals surface area contributed by atoms with Crippen LogP contribution in [0, 0.1) is 0 Å². The van der Waals surface area contributed by atoms with E-state index in [0.29, 0.717) is 19.8 Å². The maximum Gasteiger partial charge on any atom is 0.255 e. The Morgan fingerprint density at radius 2 is 2.00 bits per heavy atom. The van der Waals surface area contributed by atoms with Crippen LogP contribution in [0.2, 0.25) is 0 Å². The number of rotatable bonds is 5. The van der Waals surface area contributed by atoms with Crippen molar-refractivity contribution in [1.29, 1.82) is 0 Å². The predicted molar refractivity (Wildman–Crippen MR) is 93.1 cm³/mol. The van der Waals surface area contributed by atoms with Gasteiger partial charge in [-0.25, -0.2) is 0 Å². The monoisotopic (exact) mass is 336 g/mol. The van der Waals surface area contributed by atoms with Gasteiger partial charge in [0.1, 0.15) is 0 Å². The summed E-state index contributed by atoms with van der Waals surface area (Å²) in [6.45, 7) is 4.88. The van der Waals surface area contributed by atoms with Gasteiger partial charge in [-0.1, -0.05) is 12.1 Å². The summed E-state index contributed by atoms with van der Waals surface area (Å²) >= 11 is 2.04. The maximum absolute atomic E-state index is 12.1. The van der Waals surface area contributed by atoms with Crippen molar-refractivity contribution in [2.24, 2.45) is 0 Å². The van der Waals surface area contributed by atoms with Gasteiger partial charge in [0.25, 0.3) is 5.91 Å². The summed E-state index contributed by atoms with van der Waals surface area (Å²) in [5.74, 6) is 2.36. The first-order chi connectivity index (χ1) is 11.3. The van der Waals surface area contributed by atoms with Crippen LogP contribution >= 0.6 is 11.8 Å². The summed E-state index contributed by atoms with van der Waals surface area (Å²) < 4.78 is 10.7. The Kier molecular flexibility index (Phi) is 6.33. The van der Waals surface area contributed by atoms with Crippen molar-refractivity contribution in [2.75, 3.05) is 56.3 Å². The molecular weight excluding hydrogens is 312 g/mol. The van der Waals surface area contributed by atoms with Crippen molar-refractivity contribution >= 4 is 23.4 Å². The standard InChI is InChI=1S/C17H24N2O3S/c20-17(16-13-21-9-10-22-16)18-15-3-1-14(2-4-15)5-6-19-7-11-23-12-8-19/h1-4,16H,5-13H2,(H,18,20)/t16-/m1/s1. The highest BCUT2D eigenvalue weighted by molar-refractivity contribution is 7.99. The van der Waals surface area contributed by atoms with Crippen molar-refractivity contribution in [3.05, 3.63) is 29.8 Å². The number of thioether (sulfide) groups is 1. The number of carbonyl (C=O) groups is 1. The topological polar surface area (TPSA) is 50.8 Å². The maximum atomic E-state index is 12.1. The molecule has 0 spiro atoms. The lowest BCUT2D eigenvalue weighted by molar-refractivity contribution is -0.142. The number of benzene rings is 1. The van der Waals surface area contributed by atoms with Crippen LogP contribution in [0.3, 0.4) is 0 Å². The molecule has 0 unspecified atom stereocenters. The third-order valence-corrected chi connectivity index (χ3v) is 5.09. The predicted octanol–water partition coefficient (Wildman–Crippen LogP) is 1.63. The Labute approximate surface area is 141 Å². The number of nitrogens with one attached hydrogen (secondary N) is 1.